The number of sulfonamides is 1. The second-order valence-corrected chi connectivity index (χ2v) is 7.76. The number of hydrogen-bond acceptors (Lipinski definition) is 4. The van der Waals surface area contributed by atoms with Crippen LogP contribution in [-0.2, 0) is 16.4 Å². The highest BCUT2D eigenvalue weighted by molar-refractivity contribution is 7.89. The van der Waals surface area contributed by atoms with E-state index in [0.717, 1.165) is 29.9 Å². The fraction of sp³-hybridized carbons (Fsp3) is 0.375. The van der Waals surface area contributed by atoms with Crippen molar-refractivity contribution in [2.24, 2.45) is 0 Å². The molecule has 3 heterocycles. The molecule has 2 aliphatic rings. The fourth-order valence-corrected chi connectivity index (χ4v) is 5.48. The van der Waals surface area contributed by atoms with Crippen molar-refractivity contribution in [1.29, 1.82) is 0 Å². The van der Waals surface area contributed by atoms with Crippen molar-refractivity contribution < 1.29 is 8.42 Å². The molecular weight excluding hydrogens is 298 g/mol. The molecule has 0 aliphatic carbocycles. The van der Waals surface area contributed by atoms with E-state index in [1.54, 1.807) is 34.8 Å². The molecule has 0 N–H and O–H groups in total. The van der Waals surface area contributed by atoms with Crippen LogP contribution in [-0.4, -0.2) is 28.7 Å². The van der Waals surface area contributed by atoms with Gasteiger partial charge in [0.1, 0.15) is 5.82 Å². The topological polar surface area (TPSA) is 63.2 Å². The zero-order chi connectivity index (χ0) is 15.3. The third-order valence-corrected chi connectivity index (χ3v) is 6.54. The lowest BCUT2D eigenvalue weighted by Gasteiger charge is -2.34. The molecule has 1 aromatic heterocycles. The highest BCUT2D eigenvalue weighted by Gasteiger charge is 2.47. The molecule has 2 aliphatic heterocycles. The number of benzene rings is 1. The van der Waals surface area contributed by atoms with E-state index in [2.05, 4.69) is 9.97 Å². The van der Waals surface area contributed by atoms with Crippen molar-refractivity contribution in [2.45, 2.75) is 43.2 Å². The van der Waals surface area contributed by atoms with E-state index in [0.29, 0.717) is 11.3 Å². The minimum Gasteiger partial charge on any atom is -0.241 e. The van der Waals surface area contributed by atoms with Gasteiger partial charge in [-0.15, -0.1) is 0 Å². The van der Waals surface area contributed by atoms with E-state index in [1.807, 2.05) is 13.0 Å². The van der Waals surface area contributed by atoms with Crippen LogP contribution in [0.15, 0.2) is 41.4 Å². The van der Waals surface area contributed by atoms with E-state index in [9.17, 15) is 8.42 Å². The summed E-state index contributed by atoms with van der Waals surface area (Å²) in [5.41, 5.74) is 1.98. The quantitative estimate of drug-likeness (QED) is 0.852. The Balaban J connectivity index is 1.81. The second-order valence-electron chi connectivity index (χ2n) is 5.92. The Kier molecular flexibility index (Phi) is 3.06. The Bertz CT molecular complexity index is 821. The molecule has 4 rings (SSSR count). The van der Waals surface area contributed by atoms with Crippen LogP contribution in [0, 0.1) is 6.92 Å². The Morgan fingerprint density at radius 1 is 1.18 bits per heavy atom. The third-order valence-electron chi connectivity index (χ3n) is 4.57. The van der Waals surface area contributed by atoms with Gasteiger partial charge in [-0.25, -0.2) is 18.4 Å². The Morgan fingerprint density at radius 3 is 2.73 bits per heavy atom. The molecule has 2 aromatic rings. The molecule has 22 heavy (non-hydrogen) atoms. The van der Waals surface area contributed by atoms with Crippen molar-refractivity contribution >= 4 is 10.0 Å². The number of fused-ring (bicyclic) bond motifs is 4. The number of hydrogen-bond donors (Lipinski definition) is 0. The lowest BCUT2D eigenvalue weighted by Crippen LogP contribution is -2.42. The largest absolute Gasteiger partial charge is 0.243 e. The predicted molar refractivity (Wildman–Crippen MR) is 81.7 cm³/mol. The molecule has 1 saturated heterocycles. The van der Waals surface area contributed by atoms with Crippen LogP contribution in [0.3, 0.4) is 0 Å². The van der Waals surface area contributed by atoms with Gasteiger partial charge in [-0.3, -0.25) is 0 Å². The standard InChI is InChI=1S/C16H17N3O2S/c1-11-17-10-14-15(18-11)9-12-7-8-16(14)19(12)22(20,21)13-5-3-2-4-6-13/h2-6,10,12,16H,7-9H2,1H3. The van der Waals surface area contributed by atoms with Crippen LogP contribution < -0.4 is 0 Å². The van der Waals surface area contributed by atoms with Crippen molar-refractivity contribution in [2.75, 3.05) is 0 Å². The van der Waals surface area contributed by atoms with E-state index < -0.39 is 10.0 Å². The van der Waals surface area contributed by atoms with Crippen LogP contribution in [0.1, 0.15) is 36.0 Å². The van der Waals surface area contributed by atoms with Gasteiger partial charge in [-0.05, 0) is 31.9 Å². The first-order valence-electron chi connectivity index (χ1n) is 7.48. The number of nitrogens with zero attached hydrogens (tertiary/aromatic N) is 3. The van der Waals surface area contributed by atoms with Gasteiger partial charge >= 0.3 is 0 Å². The number of aromatic nitrogens is 2. The highest BCUT2D eigenvalue weighted by Crippen LogP contribution is 2.45. The van der Waals surface area contributed by atoms with E-state index in [-0.39, 0.29) is 12.1 Å². The van der Waals surface area contributed by atoms with Crippen LogP contribution in [0.2, 0.25) is 0 Å². The van der Waals surface area contributed by atoms with Gasteiger partial charge in [0.25, 0.3) is 0 Å². The van der Waals surface area contributed by atoms with Crippen molar-refractivity contribution in [3.8, 4) is 0 Å². The zero-order valence-electron chi connectivity index (χ0n) is 12.3. The minimum absolute atomic E-state index is 0.0111. The van der Waals surface area contributed by atoms with Crippen LogP contribution in [0.4, 0.5) is 0 Å². The first-order valence-corrected chi connectivity index (χ1v) is 8.92. The summed E-state index contributed by atoms with van der Waals surface area (Å²) in [6.07, 6.45) is 4.21. The molecule has 5 nitrogen and oxygen atoms in total. The average molecular weight is 315 g/mol. The molecule has 1 fully saturated rings. The fourth-order valence-electron chi connectivity index (χ4n) is 3.61. The molecule has 2 unspecified atom stereocenters. The summed E-state index contributed by atoms with van der Waals surface area (Å²) in [4.78, 5) is 9.14. The Labute approximate surface area is 130 Å². The van der Waals surface area contributed by atoms with Gasteiger partial charge in [0.2, 0.25) is 10.0 Å². The minimum atomic E-state index is -3.47. The first kappa shape index (κ1) is 13.8. The van der Waals surface area contributed by atoms with Crippen molar-refractivity contribution in [1.82, 2.24) is 14.3 Å². The smallest absolute Gasteiger partial charge is 0.241 e. The monoisotopic (exact) mass is 315 g/mol. The third kappa shape index (κ3) is 1.98. The summed E-state index contributed by atoms with van der Waals surface area (Å²) in [5.74, 6) is 0.748. The predicted octanol–water partition coefficient (Wildman–Crippen LogP) is 2.24. The summed E-state index contributed by atoms with van der Waals surface area (Å²) < 4.78 is 27.7. The van der Waals surface area contributed by atoms with Crippen LogP contribution in [0.25, 0.3) is 0 Å². The molecule has 0 saturated carbocycles. The summed E-state index contributed by atoms with van der Waals surface area (Å²) in [6.45, 7) is 1.87. The lowest BCUT2D eigenvalue weighted by atomic mass is 10.0. The molecule has 2 atom stereocenters. The highest BCUT2D eigenvalue weighted by atomic mass is 32.2. The molecular formula is C16H17N3O2S. The van der Waals surface area contributed by atoms with E-state index in [4.69, 9.17) is 0 Å². The maximum Gasteiger partial charge on any atom is 0.243 e. The van der Waals surface area contributed by atoms with Crippen LogP contribution >= 0.6 is 0 Å². The summed E-state index contributed by atoms with van der Waals surface area (Å²) >= 11 is 0. The number of rotatable bonds is 2. The molecule has 0 amide bonds. The Morgan fingerprint density at radius 2 is 1.95 bits per heavy atom. The van der Waals surface area contributed by atoms with Gasteiger partial charge in [0, 0.05) is 24.2 Å². The van der Waals surface area contributed by atoms with Gasteiger partial charge in [-0.2, -0.15) is 4.31 Å². The van der Waals surface area contributed by atoms with E-state index >= 15 is 0 Å². The SMILES string of the molecule is Cc1ncc2c(n1)CC1CCC2N1S(=O)(=O)c1ccccc1. The average Bonchev–Trinajstić information content (AvgIpc) is 2.85. The van der Waals surface area contributed by atoms with Crippen LogP contribution in [0.5, 0.6) is 0 Å². The maximum atomic E-state index is 13.0. The Hall–Kier alpha value is -1.79. The molecule has 2 bridgehead atoms. The van der Waals surface area contributed by atoms with E-state index in [1.165, 1.54) is 0 Å². The van der Waals surface area contributed by atoms with Gasteiger partial charge < -0.3 is 0 Å². The van der Waals surface area contributed by atoms with Gasteiger partial charge in [-0.1, -0.05) is 18.2 Å². The zero-order valence-corrected chi connectivity index (χ0v) is 13.1. The first-order chi connectivity index (χ1) is 10.6. The normalized spacial score (nSPS) is 24.2. The molecule has 0 spiro atoms. The maximum absolute atomic E-state index is 13.0. The molecule has 6 heteroatoms. The summed E-state index contributed by atoms with van der Waals surface area (Å²) in [6, 6.07) is 8.57. The molecule has 0 radical (unpaired) electrons. The lowest BCUT2D eigenvalue weighted by molar-refractivity contribution is 0.300. The second kappa shape index (κ2) is 4.86. The molecule has 114 valence electrons. The summed E-state index contributed by atoms with van der Waals surface area (Å²) in [7, 11) is -3.47. The number of aryl methyl sites for hydroxylation is 1. The van der Waals surface area contributed by atoms with Gasteiger partial charge in [0.05, 0.1) is 16.6 Å². The van der Waals surface area contributed by atoms with Gasteiger partial charge in [0.15, 0.2) is 0 Å². The molecule has 1 aromatic carbocycles. The van der Waals surface area contributed by atoms with Crippen molar-refractivity contribution in [3.63, 3.8) is 0 Å². The van der Waals surface area contributed by atoms with Crippen molar-refractivity contribution in [3.05, 3.63) is 53.6 Å². The summed E-state index contributed by atoms with van der Waals surface area (Å²) in [5, 5.41) is 0.